The monoisotopic (exact) mass is 414 g/mol. The Hall–Kier alpha value is -3.26. The average Bonchev–Trinajstić information content (AvgIpc) is 3.21. The second-order valence-corrected chi connectivity index (χ2v) is 8.06. The van der Waals surface area contributed by atoms with Crippen molar-refractivity contribution < 1.29 is 22.4 Å². The van der Waals surface area contributed by atoms with E-state index in [9.17, 15) is 13.2 Å². The van der Waals surface area contributed by atoms with Crippen LogP contribution < -0.4 is 14.8 Å². The Kier molecular flexibility index (Phi) is 6.23. The zero-order chi connectivity index (χ0) is 20.9. The Balaban J connectivity index is 1.76. The van der Waals surface area contributed by atoms with Gasteiger partial charge in [-0.3, -0.25) is 9.52 Å². The van der Waals surface area contributed by atoms with Gasteiger partial charge in [-0.15, -0.1) is 0 Å². The Morgan fingerprint density at radius 2 is 1.90 bits per heavy atom. The number of nitrogens with one attached hydrogen (secondary N) is 2. The molecule has 0 aliphatic heterocycles. The van der Waals surface area contributed by atoms with Gasteiger partial charge in [0.2, 0.25) is 5.91 Å². The quantitative estimate of drug-likeness (QED) is 0.581. The topological polar surface area (TPSA) is 97.6 Å². The van der Waals surface area contributed by atoms with Crippen molar-refractivity contribution in [2.45, 2.75) is 24.7 Å². The summed E-state index contributed by atoms with van der Waals surface area (Å²) in [7, 11) is -2.41. The fourth-order valence-corrected chi connectivity index (χ4v) is 4.15. The highest BCUT2D eigenvalue weighted by Crippen LogP contribution is 2.28. The zero-order valence-corrected chi connectivity index (χ0v) is 17.0. The van der Waals surface area contributed by atoms with E-state index in [0.717, 1.165) is 0 Å². The standard InChI is InChI=1S/C21H22N2O5S/c1-15-9-10-16(22-21(24)12-11-17-6-5-13-28-17)14-20(15)29(25,26)23-18-7-3-4-8-19(18)27-2/h3-10,13-14,23H,11-12H2,1-2H3,(H,22,24). The van der Waals surface area contributed by atoms with Crippen molar-refractivity contribution in [2.75, 3.05) is 17.1 Å². The smallest absolute Gasteiger partial charge is 0.262 e. The SMILES string of the molecule is COc1ccccc1NS(=O)(=O)c1cc(NC(=O)CCc2ccco2)ccc1C. The molecule has 0 radical (unpaired) electrons. The van der Waals surface area contributed by atoms with Crippen LogP contribution in [0.4, 0.5) is 11.4 Å². The molecule has 0 spiro atoms. The molecule has 0 unspecified atom stereocenters. The molecular formula is C21H22N2O5S. The second-order valence-electron chi connectivity index (χ2n) is 6.41. The predicted molar refractivity (Wildman–Crippen MR) is 111 cm³/mol. The van der Waals surface area contributed by atoms with Crippen LogP contribution in [0, 0.1) is 6.92 Å². The summed E-state index contributed by atoms with van der Waals surface area (Å²) in [5.41, 5.74) is 1.30. The highest BCUT2D eigenvalue weighted by Gasteiger charge is 2.20. The van der Waals surface area contributed by atoms with Crippen molar-refractivity contribution in [1.29, 1.82) is 0 Å². The van der Waals surface area contributed by atoms with E-state index in [1.54, 1.807) is 61.7 Å². The summed E-state index contributed by atoms with van der Waals surface area (Å²) in [6.07, 6.45) is 2.24. The number of ether oxygens (including phenoxy) is 1. The second kappa shape index (κ2) is 8.83. The molecule has 0 aliphatic carbocycles. The third-order valence-corrected chi connectivity index (χ3v) is 5.80. The van der Waals surface area contributed by atoms with Gasteiger partial charge in [0.05, 0.1) is 24.0 Å². The van der Waals surface area contributed by atoms with E-state index in [1.165, 1.54) is 13.2 Å². The van der Waals surface area contributed by atoms with E-state index >= 15 is 0 Å². The number of para-hydroxylation sites is 2. The summed E-state index contributed by atoms with van der Waals surface area (Å²) in [5, 5.41) is 2.73. The van der Waals surface area contributed by atoms with E-state index in [4.69, 9.17) is 9.15 Å². The van der Waals surface area contributed by atoms with Crippen LogP contribution in [0.3, 0.4) is 0 Å². The van der Waals surface area contributed by atoms with Crippen LogP contribution in [0.25, 0.3) is 0 Å². The lowest BCUT2D eigenvalue weighted by Gasteiger charge is -2.14. The van der Waals surface area contributed by atoms with Gasteiger partial charge in [-0.05, 0) is 48.9 Å². The normalized spacial score (nSPS) is 11.1. The van der Waals surface area contributed by atoms with Gasteiger partial charge in [-0.1, -0.05) is 18.2 Å². The van der Waals surface area contributed by atoms with Crippen LogP contribution in [-0.4, -0.2) is 21.4 Å². The molecule has 0 aliphatic rings. The number of carbonyl (C=O) groups excluding carboxylic acids is 1. The summed E-state index contributed by atoms with van der Waals surface area (Å²) < 4.78 is 38.8. The van der Waals surface area contributed by atoms with Crippen molar-refractivity contribution >= 4 is 27.3 Å². The number of anilines is 2. The van der Waals surface area contributed by atoms with Crippen LogP contribution in [0.1, 0.15) is 17.7 Å². The number of hydrogen-bond donors (Lipinski definition) is 2. The molecule has 1 heterocycles. The van der Waals surface area contributed by atoms with E-state index in [1.807, 2.05) is 0 Å². The molecule has 7 nitrogen and oxygen atoms in total. The zero-order valence-electron chi connectivity index (χ0n) is 16.1. The molecule has 0 atom stereocenters. The summed E-state index contributed by atoms with van der Waals surface area (Å²) in [5.74, 6) is 0.899. The highest BCUT2D eigenvalue weighted by molar-refractivity contribution is 7.92. The molecule has 152 valence electrons. The summed E-state index contributed by atoms with van der Waals surface area (Å²) in [6, 6.07) is 15.1. The summed E-state index contributed by atoms with van der Waals surface area (Å²) in [4.78, 5) is 12.3. The Morgan fingerprint density at radius 1 is 1.10 bits per heavy atom. The van der Waals surface area contributed by atoms with Crippen molar-refractivity contribution in [3.63, 3.8) is 0 Å². The van der Waals surface area contributed by atoms with Gasteiger partial charge in [0.25, 0.3) is 10.0 Å². The van der Waals surface area contributed by atoms with E-state index in [-0.39, 0.29) is 17.2 Å². The number of furan rings is 1. The third kappa shape index (κ3) is 5.17. The molecule has 1 aromatic heterocycles. The lowest BCUT2D eigenvalue weighted by Crippen LogP contribution is -2.16. The minimum Gasteiger partial charge on any atom is -0.495 e. The number of amides is 1. The van der Waals surface area contributed by atoms with Gasteiger partial charge >= 0.3 is 0 Å². The maximum absolute atomic E-state index is 12.9. The number of aryl methyl sites for hydroxylation is 2. The molecule has 0 bridgehead atoms. The predicted octanol–water partition coefficient (Wildman–Crippen LogP) is 3.97. The summed E-state index contributed by atoms with van der Waals surface area (Å²) >= 11 is 0. The van der Waals surface area contributed by atoms with E-state index in [0.29, 0.717) is 34.9 Å². The third-order valence-electron chi connectivity index (χ3n) is 4.29. The maximum atomic E-state index is 12.9. The largest absolute Gasteiger partial charge is 0.495 e. The highest BCUT2D eigenvalue weighted by atomic mass is 32.2. The van der Waals surface area contributed by atoms with Crippen molar-refractivity contribution in [3.8, 4) is 5.75 Å². The lowest BCUT2D eigenvalue weighted by atomic mass is 10.2. The van der Waals surface area contributed by atoms with E-state index in [2.05, 4.69) is 10.0 Å². The minimum atomic E-state index is -3.88. The van der Waals surface area contributed by atoms with Gasteiger partial charge in [0.15, 0.2) is 0 Å². The van der Waals surface area contributed by atoms with Gasteiger partial charge in [-0.25, -0.2) is 8.42 Å². The van der Waals surface area contributed by atoms with Crippen molar-refractivity contribution in [2.24, 2.45) is 0 Å². The van der Waals surface area contributed by atoms with Crippen LogP contribution in [0.2, 0.25) is 0 Å². The first kappa shape index (κ1) is 20.5. The number of hydrogen-bond acceptors (Lipinski definition) is 5. The lowest BCUT2D eigenvalue weighted by molar-refractivity contribution is -0.116. The first-order chi connectivity index (χ1) is 13.9. The Bertz CT molecular complexity index is 1090. The Morgan fingerprint density at radius 3 is 2.62 bits per heavy atom. The fraction of sp³-hybridized carbons (Fsp3) is 0.190. The molecule has 3 aromatic rings. The van der Waals surface area contributed by atoms with Crippen LogP contribution in [-0.2, 0) is 21.2 Å². The van der Waals surface area contributed by atoms with Gasteiger partial charge in [-0.2, -0.15) is 0 Å². The van der Waals surface area contributed by atoms with E-state index < -0.39 is 10.0 Å². The molecule has 2 aromatic carbocycles. The first-order valence-electron chi connectivity index (χ1n) is 8.98. The number of carbonyl (C=O) groups is 1. The van der Waals surface area contributed by atoms with Crippen molar-refractivity contribution in [1.82, 2.24) is 0 Å². The number of rotatable bonds is 8. The molecule has 29 heavy (non-hydrogen) atoms. The fourth-order valence-electron chi connectivity index (χ4n) is 2.81. The minimum absolute atomic E-state index is 0.0761. The molecule has 3 rings (SSSR count). The molecule has 2 N–H and O–H groups in total. The van der Waals surface area contributed by atoms with Gasteiger partial charge < -0.3 is 14.5 Å². The Labute approximate surface area is 169 Å². The molecule has 0 saturated carbocycles. The molecule has 0 saturated heterocycles. The first-order valence-corrected chi connectivity index (χ1v) is 10.5. The molecule has 8 heteroatoms. The molecule has 0 fully saturated rings. The summed E-state index contributed by atoms with van der Waals surface area (Å²) in [6.45, 7) is 1.69. The van der Waals surface area contributed by atoms with Gasteiger partial charge in [0, 0.05) is 18.5 Å². The average molecular weight is 414 g/mol. The number of benzene rings is 2. The van der Waals surface area contributed by atoms with Crippen molar-refractivity contribution in [3.05, 3.63) is 72.2 Å². The van der Waals surface area contributed by atoms with Crippen LogP contribution in [0.15, 0.2) is 70.2 Å². The molecular weight excluding hydrogens is 392 g/mol. The molecule has 1 amide bonds. The number of sulfonamides is 1. The number of methoxy groups -OCH3 is 1. The van der Waals surface area contributed by atoms with Gasteiger partial charge in [0.1, 0.15) is 11.5 Å². The maximum Gasteiger partial charge on any atom is 0.262 e. The van der Waals surface area contributed by atoms with Crippen LogP contribution >= 0.6 is 0 Å². The van der Waals surface area contributed by atoms with Crippen LogP contribution in [0.5, 0.6) is 5.75 Å².